The molecule has 1 atom stereocenters. The second kappa shape index (κ2) is 6.85. The van der Waals surface area contributed by atoms with E-state index < -0.39 is 12.1 Å². The van der Waals surface area contributed by atoms with Gasteiger partial charge in [0.25, 0.3) is 5.91 Å². The quantitative estimate of drug-likeness (QED) is 0.788. The van der Waals surface area contributed by atoms with Gasteiger partial charge in [-0.1, -0.05) is 0 Å². The number of hydrogen-bond acceptors (Lipinski definition) is 4. The molecule has 1 aromatic rings. The van der Waals surface area contributed by atoms with Crippen molar-refractivity contribution >= 4 is 23.6 Å². The first-order chi connectivity index (χ1) is 9.99. The number of ether oxygens (including phenoxy) is 1. The number of aliphatic carboxylic acids is 1. The smallest absolute Gasteiger partial charge is 0.306 e. The number of benzene rings is 1. The first kappa shape index (κ1) is 15.7. The first-order valence-corrected chi connectivity index (χ1v) is 8.06. The minimum atomic E-state index is -0.793. The molecule has 6 heteroatoms. The third kappa shape index (κ3) is 4.14. The van der Waals surface area contributed by atoms with Crippen LogP contribution in [0.4, 0.5) is 0 Å². The van der Waals surface area contributed by atoms with Crippen LogP contribution in [0.25, 0.3) is 0 Å². The number of nitrogens with one attached hydrogen (secondary N) is 1. The Kier molecular flexibility index (Phi) is 5.12. The van der Waals surface area contributed by atoms with Gasteiger partial charge < -0.3 is 15.2 Å². The van der Waals surface area contributed by atoms with E-state index in [4.69, 9.17) is 9.84 Å². The third-order valence-electron chi connectivity index (χ3n) is 3.58. The molecule has 114 valence electrons. The normalized spacial score (nSPS) is 22.0. The van der Waals surface area contributed by atoms with E-state index in [1.807, 2.05) is 30.5 Å². The lowest BCUT2D eigenvalue weighted by molar-refractivity contribution is -0.146. The van der Waals surface area contributed by atoms with Crippen molar-refractivity contribution in [3.8, 4) is 5.75 Å². The molecular formula is C15H19NO4S. The summed E-state index contributed by atoms with van der Waals surface area (Å²) in [4.78, 5) is 23.8. The number of carbonyl (C=O) groups is 2. The summed E-state index contributed by atoms with van der Waals surface area (Å²) in [7, 11) is 0. The molecule has 1 aliphatic rings. The largest absolute Gasteiger partial charge is 0.481 e. The van der Waals surface area contributed by atoms with Crippen LogP contribution in [0.15, 0.2) is 29.2 Å². The molecule has 1 amide bonds. The van der Waals surface area contributed by atoms with E-state index >= 15 is 0 Å². The summed E-state index contributed by atoms with van der Waals surface area (Å²) >= 11 is 1.64. The molecule has 1 aliphatic carbocycles. The standard InChI is InChI=1S/C15H19NO4S/c1-9(20-12-3-5-13(21-2)6-4-12)14(17)16-11-7-10(8-11)15(18)19/h3-6,9-11H,7-8H2,1-2H3,(H,16,17)(H,18,19). The molecule has 0 heterocycles. The Morgan fingerprint density at radius 1 is 1.33 bits per heavy atom. The highest BCUT2D eigenvalue weighted by Crippen LogP contribution is 2.27. The van der Waals surface area contributed by atoms with E-state index in [-0.39, 0.29) is 17.9 Å². The lowest BCUT2D eigenvalue weighted by Gasteiger charge is -2.33. The van der Waals surface area contributed by atoms with Gasteiger partial charge in [-0.15, -0.1) is 11.8 Å². The van der Waals surface area contributed by atoms with Crippen molar-refractivity contribution in [2.75, 3.05) is 6.26 Å². The number of rotatable bonds is 6. The molecule has 2 N–H and O–H groups in total. The summed E-state index contributed by atoms with van der Waals surface area (Å²) in [5.41, 5.74) is 0. The molecule has 1 saturated carbocycles. The molecule has 0 saturated heterocycles. The molecule has 1 fully saturated rings. The zero-order chi connectivity index (χ0) is 15.4. The average molecular weight is 309 g/mol. The van der Waals surface area contributed by atoms with Gasteiger partial charge in [0.15, 0.2) is 6.10 Å². The van der Waals surface area contributed by atoms with Crippen LogP contribution in [0, 0.1) is 5.92 Å². The Balaban J connectivity index is 1.78. The number of amides is 1. The Morgan fingerprint density at radius 3 is 2.48 bits per heavy atom. The van der Waals surface area contributed by atoms with Gasteiger partial charge in [-0.05, 0) is 50.3 Å². The summed E-state index contributed by atoms with van der Waals surface area (Å²) in [6.07, 6.45) is 2.38. The molecular weight excluding hydrogens is 290 g/mol. The van der Waals surface area contributed by atoms with Gasteiger partial charge in [-0.25, -0.2) is 0 Å². The second-order valence-corrected chi connectivity index (χ2v) is 6.03. The highest BCUT2D eigenvalue weighted by atomic mass is 32.2. The van der Waals surface area contributed by atoms with Crippen LogP contribution in [0.3, 0.4) is 0 Å². The maximum atomic E-state index is 12.0. The van der Waals surface area contributed by atoms with E-state index in [0.717, 1.165) is 4.90 Å². The molecule has 21 heavy (non-hydrogen) atoms. The Labute approximate surface area is 128 Å². The van der Waals surface area contributed by atoms with E-state index in [1.54, 1.807) is 18.7 Å². The third-order valence-corrected chi connectivity index (χ3v) is 4.32. The number of carboxylic acid groups (broad SMARTS) is 1. The molecule has 0 aliphatic heterocycles. The predicted molar refractivity (Wildman–Crippen MR) is 80.6 cm³/mol. The summed E-state index contributed by atoms with van der Waals surface area (Å²) in [5.74, 6) is -0.686. The van der Waals surface area contributed by atoms with E-state index in [0.29, 0.717) is 18.6 Å². The van der Waals surface area contributed by atoms with Crippen molar-refractivity contribution in [1.29, 1.82) is 0 Å². The Bertz CT molecular complexity index is 511. The van der Waals surface area contributed by atoms with E-state index in [9.17, 15) is 9.59 Å². The van der Waals surface area contributed by atoms with Gasteiger partial charge >= 0.3 is 5.97 Å². The zero-order valence-electron chi connectivity index (χ0n) is 12.0. The van der Waals surface area contributed by atoms with Crippen molar-refractivity contribution in [1.82, 2.24) is 5.32 Å². The topological polar surface area (TPSA) is 75.6 Å². The average Bonchev–Trinajstić information content (AvgIpc) is 2.42. The SMILES string of the molecule is CSc1ccc(OC(C)C(=O)NC2CC(C(=O)O)C2)cc1. The van der Waals surface area contributed by atoms with Crippen LogP contribution >= 0.6 is 11.8 Å². The number of carboxylic acids is 1. The van der Waals surface area contributed by atoms with Crippen molar-refractivity contribution in [3.05, 3.63) is 24.3 Å². The molecule has 0 radical (unpaired) electrons. The van der Waals surface area contributed by atoms with Gasteiger partial charge in [-0.3, -0.25) is 9.59 Å². The molecule has 5 nitrogen and oxygen atoms in total. The van der Waals surface area contributed by atoms with Crippen LogP contribution in [0.5, 0.6) is 5.75 Å². The van der Waals surface area contributed by atoms with Crippen LogP contribution in [-0.4, -0.2) is 35.4 Å². The minimum Gasteiger partial charge on any atom is -0.481 e. The predicted octanol–water partition coefficient (Wildman–Crippen LogP) is 2.16. The molecule has 0 aromatic heterocycles. The van der Waals surface area contributed by atoms with Crippen molar-refractivity contribution in [2.24, 2.45) is 5.92 Å². The fourth-order valence-electron chi connectivity index (χ4n) is 2.17. The fourth-order valence-corrected chi connectivity index (χ4v) is 2.58. The van der Waals surface area contributed by atoms with Gasteiger partial charge in [-0.2, -0.15) is 0 Å². The summed E-state index contributed by atoms with van der Waals surface area (Å²) in [6, 6.07) is 7.49. The molecule has 1 unspecified atom stereocenters. The number of carbonyl (C=O) groups excluding carboxylic acids is 1. The fraction of sp³-hybridized carbons (Fsp3) is 0.467. The van der Waals surface area contributed by atoms with Gasteiger partial charge in [0.05, 0.1) is 5.92 Å². The monoisotopic (exact) mass is 309 g/mol. The lowest BCUT2D eigenvalue weighted by atomic mass is 9.80. The van der Waals surface area contributed by atoms with Crippen molar-refractivity contribution < 1.29 is 19.4 Å². The maximum Gasteiger partial charge on any atom is 0.306 e. The Morgan fingerprint density at radius 2 is 1.95 bits per heavy atom. The highest BCUT2D eigenvalue weighted by molar-refractivity contribution is 7.98. The van der Waals surface area contributed by atoms with Crippen LogP contribution < -0.4 is 10.1 Å². The molecule has 2 rings (SSSR count). The first-order valence-electron chi connectivity index (χ1n) is 6.83. The summed E-state index contributed by atoms with van der Waals surface area (Å²) in [5, 5.41) is 11.6. The summed E-state index contributed by atoms with van der Waals surface area (Å²) < 4.78 is 5.58. The molecule has 0 spiro atoms. The van der Waals surface area contributed by atoms with Gasteiger partial charge in [0.1, 0.15) is 5.75 Å². The van der Waals surface area contributed by atoms with Gasteiger partial charge in [0, 0.05) is 10.9 Å². The van der Waals surface area contributed by atoms with Crippen molar-refractivity contribution in [3.63, 3.8) is 0 Å². The van der Waals surface area contributed by atoms with E-state index in [2.05, 4.69) is 5.32 Å². The summed E-state index contributed by atoms with van der Waals surface area (Å²) in [6.45, 7) is 1.69. The molecule has 0 bridgehead atoms. The Hall–Kier alpha value is -1.69. The van der Waals surface area contributed by atoms with Crippen molar-refractivity contribution in [2.45, 2.75) is 36.8 Å². The highest BCUT2D eigenvalue weighted by Gasteiger charge is 2.36. The zero-order valence-corrected chi connectivity index (χ0v) is 12.9. The second-order valence-electron chi connectivity index (χ2n) is 5.15. The van der Waals surface area contributed by atoms with Crippen LogP contribution in [0.2, 0.25) is 0 Å². The van der Waals surface area contributed by atoms with Crippen LogP contribution in [-0.2, 0) is 9.59 Å². The van der Waals surface area contributed by atoms with Gasteiger partial charge in [0.2, 0.25) is 0 Å². The number of thioether (sulfide) groups is 1. The maximum absolute atomic E-state index is 12.0. The van der Waals surface area contributed by atoms with Crippen LogP contribution in [0.1, 0.15) is 19.8 Å². The lowest BCUT2D eigenvalue weighted by Crippen LogP contribution is -2.50. The molecule has 1 aromatic carbocycles. The number of hydrogen-bond donors (Lipinski definition) is 2. The minimum absolute atomic E-state index is 0.0523. The van der Waals surface area contributed by atoms with E-state index in [1.165, 1.54) is 0 Å².